The SMILES string of the molecule is CCCOc1ncc(NC(=O)O[C@H]2CC[C@H]2Oc2cc3sc(-c4cc(C)cc5nc(OC)cnc45)nc3cc2F)cn1.CCOc1cnc2c(-c3nc4cc(F)c(O[C@@H]5CC[C@@H]5OC(=O)Nc5cnc(CCCO)nc5)cc4s3)cc(C)cc2n1.COc1cnc2c(-c3nc4cc(F)c(O[C@@H]5CC[C@@H]5OC(=O)Nc5cnc(CCCO)nc5)cc4s3)cc(Cl)cc2n1. The number of benzene rings is 6. The van der Waals surface area contributed by atoms with Crippen molar-refractivity contribution >= 4 is 145 Å². The topological polar surface area (TPSA) is 413 Å². The lowest BCUT2D eigenvalue weighted by atomic mass is 9.92. The summed E-state index contributed by atoms with van der Waals surface area (Å²) in [6.45, 7) is 8.91. The van der Waals surface area contributed by atoms with Gasteiger partial charge in [-0.15, -0.1) is 34.0 Å². The van der Waals surface area contributed by atoms with E-state index in [2.05, 4.69) is 90.7 Å². The maximum atomic E-state index is 15.1. The molecule has 6 aromatic carbocycles. The Hall–Kier alpha value is -13.3. The van der Waals surface area contributed by atoms with Gasteiger partial charge < -0.3 is 57.6 Å². The summed E-state index contributed by atoms with van der Waals surface area (Å²) in [6, 6.07) is 20.4. The van der Waals surface area contributed by atoms with Crippen LogP contribution in [0, 0.1) is 31.3 Å². The molecule has 9 heterocycles. The third-order valence-electron chi connectivity index (χ3n) is 20.2. The molecule has 654 valence electrons. The number of aliphatic hydroxyl groups excluding tert-OH is 2. The number of fused-ring (bicyclic) bond motifs is 6. The van der Waals surface area contributed by atoms with Crippen LogP contribution in [0.3, 0.4) is 0 Å². The summed E-state index contributed by atoms with van der Waals surface area (Å²) in [7, 11) is 3.05. The van der Waals surface area contributed by atoms with E-state index in [9.17, 15) is 14.4 Å². The van der Waals surface area contributed by atoms with Gasteiger partial charge >= 0.3 is 24.3 Å². The number of rotatable bonds is 28. The van der Waals surface area contributed by atoms with Gasteiger partial charge in [-0.05, 0) is 126 Å². The molecule has 0 aliphatic heterocycles. The molecule has 3 aliphatic rings. The minimum absolute atomic E-state index is 0.0451. The standard InChI is InChI=1S/C30H29FN6O5S.C29H27FN6O5S.C28H24ClFN6O5S/c1-3-40-27-15-34-28-18(9-16(2)10-21(28)36-27)29-37-20-11-19(31)24(12-25(20)43-29)41-22-6-7-23(22)42-30(39)35-17-13-32-26(33-14-17)5-4-8-38;1-4-7-39-28-32-12-16(13-33-28)34-29(37)41-22-6-5-21(22)40-23-11-24-19(10-18(23)30)36-27(42-24)17-8-15(2)9-20-26(17)31-14-25(35-20)38-3;1-39-25-13-33-26-16(7-14(29)8-19(26)35-25)27-36-18-9-17(30)22(10-23(18)42-27)40-20-4-5-21(20)41-28(38)34-15-11-31-24(32-12-15)3-2-6-37/h9-15,22-23,38H,3-8H2,1-2H3,(H,35,39);8-14,21-22H,4-7H2,1-3H3,(H,34,37);7-13,20-21,37H,2-6H2,1H3,(H,34,38)/t22-,23+;21-,22+;20-,21+/m111/s1. The molecule has 0 radical (unpaired) electrons. The van der Waals surface area contributed by atoms with Gasteiger partial charge in [-0.3, -0.25) is 16.0 Å². The van der Waals surface area contributed by atoms with Crippen molar-refractivity contribution in [2.75, 3.05) is 56.6 Å². The molecule has 18 rings (SSSR count). The largest absolute Gasteiger partial charge is 0.483 e. The van der Waals surface area contributed by atoms with E-state index in [1.165, 1.54) is 103 Å². The van der Waals surface area contributed by atoms with Gasteiger partial charge in [0.1, 0.15) is 63.3 Å². The number of hydrogen-bond donors (Lipinski definition) is 5. The molecule has 0 spiro atoms. The normalized spacial score (nSPS) is 16.2. The number of aliphatic hydroxyl groups is 2. The Labute approximate surface area is 738 Å². The first-order chi connectivity index (χ1) is 61.7. The number of aromatic nitrogens is 15. The summed E-state index contributed by atoms with van der Waals surface area (Å²) >= 11 is 10.5. The van der Waals surface area contributed by atoms with Crippen LogP contribution in [0.15, 0.2) is 129 Å². The van der Waals surface area contributed by atoms with Gasteiger partial charge in [0.2, 0.25) is 17.6 Å². The second-order valence-corrected chi connectivity index (χ2v) is 32.9. The van der Waals surface area contributed by atoms with E-state index < -0.39 is 72.4 Å². The lowest BCUT2D eigenvalue weighted by Crippen LogP contribution is -2.45. The zero-order chi connectivity index (χ0) is 88.4. The lowest BCUT2D eigenvalue weighted by Gasteiger charge is -2.35. The summed E-state index contributed by atoms with van der Waals surface area (Å²) < 4.78 is 103. The van der Waals surface area contributed by atoms with Crippen molar-refractivity contribution in [1.82, 2.24) is 74.8 Å². The predicted molar refractivity (Wildman–Crippen MR) is 468 cm³/mol. The third-order valence-corrected chi connectivity index (χ3v) is 23.6. The molecule has 3 saturated carbocycles. The Morgan fingerprint density at radius 1 is 0.425 bits per heavy atom. The van der Waals surface area contributed by atoms with E-state index >= 15 is 13.2 Å². The minimum Gasteiger partial charge on any atom is -0.483 e. The monoisotopic (exact) mass is 1800 g/mol. The number of aryl methyl sites for hydroxylation is 4. The fourth-order valence-electron chi connectivity index (χ4n) is 13.6. The molecule has 15 aromatic rings. The fourth-order valence-corrected chi connectivity index (χ4v) is 16.8. The van der Waals surface area contributed by atoms with Gasteiger partial charge in [0.15, 0.2) is 34.7 Å². The van der Waals surface area contributed by atoms with Gasteiger partial charge in [-0.1, -0.05) is 18.5 Å². The first kappa shape index (κ1) is 87.1. The molecule has 3 amide bonds. The number of hydrogen-bond acceptors (Lipinski definition) is 33. The molecule has 40 heteroatoms. The van der Waals surface area contributed by atoms with E-state index in [-0.39, 0.29) is 36.5 Å². The molecular formula is C87H80ClF3N18O15S3. The molecule has 33 nitrogen and oxygen atoms in total. The second kappa shape index (κ2) is 39.5. The van der Waals surface area contributed by atoms with Crippen LogP contribution in [0.2, 0.25) is 5.02 Å². The van der Waals surface area contributed by atoms with Crippen molar-refractivity contribution in [2.45, 2.75) is 135 Å². The summed E-state index contributed by atoms with van der Waals surface area (Å²) in [6.07, 6.45) is 15.0. The van der Waals surface area contributed by atoms with Crippen molar-refractivity contribution in [3.05, 3.63) is 174 Å². The highest BCUT2D eigenvalue weighted by Crippen LogP contribution is 2.44. The van der Waals surface area contributed by atoms with Crippen molar-refractivity contribution in [2.24, 2.45) is 0 Å². The van der Waals surface area contributed by atoms with Crippen LogP contribution in [0.4, 0.5) is 44.6 Å². The molecule has 0 unspecified atom stereocenters. The summed E-state index contributed by atoms with van der Waals surface area (Å²) in [4.78, 5) is 103. The van der Waals surface area contributed by atoms with E-state index in [0.717, 1.165) is 38.1 Å². The minimum atomic E-state index is -0.683. The number of nitrogens with one attached hydrogen (secondary N) is 3. The Bertz CT molecular complexity index is 6300. The van der Waals surface area contributed by atoms with Crippen LogP contribution in [0.5, 0.6) is 40.9 Å². The highest BCUT2D eigenvalue weighted by molar-refractivity contribution is 7.22. The van der Waals surface area contributed by atoms with Crippen LogP contribution < -0.4 is 49.1 Å². The van der Waals surface area contributed by atoms with Gasteiger partial charge in [-0.25, -0.2) is 102 Å². The van der Waals surface area contributed by atoms with Crippen LogP contribution >= 0.6 is 45.6 Å². The molecule has 3 fully saturated rings. The Morgan fingerprint density at radius 3 is 1.13 bits per heavy atom. The highest BCUT2D eigenvalue weighted by Gasteiger charge is 2.40. The number of anilines is 3. The number of carbonyl (C=O) groups excluding carboxylic acids is 3. The Kier molecular flexibility index (Phi) is 27.1. The van der Waals surface area contributed by atoms with Crippen LogP contribution in [0.25, 0.3) is 95.5 Å². The molecular weight excluding hydrogens is 1730 g/mol. The maximum absolute atomic E-state index is 15.1. The van der Waals surface area contributed by atoms with E-state index in [0.29, 0.717) is 204 Å². The number of thiazole rings is 3. The van der Waals surface area contributed by atoms with Crippen LogP contribution in [0.1, 0.15) is 94.4 Å². The number of halogens is 4. The summed E-state index contributed by atoms with van der Waals surface area (Å²) in [5.74, 6) is 0.896. The first-order valence-corrected chi connectivity index (χ1v) is 43.3. The number of methoxy groups -OCH3 is 2. The first-order valence-electron chi connectivity index (χ1n) is 40.4. The number of carbonyl (C=O) groups is 3. The number of ether oxygens (including phenoxy) is 10. The molecule has 3 aliphatic carbocycles. The van der Waals surface area contributed by atoms with E-state index in [4.69, 9.17) is 69.2 Å². The lowest BCUT2D eigenvalue weighted by molar-refractivity contribution is -0.0432. The third kappa shape index (κ3) is 20.8. The van der Waals surface area contributed by atoms with Crippen molar-refractivity contribution in [3.8, 4) is 72.6 Å². The van der Waals surface area contributed by atoms with Gasteiger partial charge in [0, 0.05) is 84.2 Å². The van der Waals surface area contributed by atoms with Crippen molar-refractivity contribution in [1.29, 1.82) is 0 Å². The molecule has 0 bridgehead atoms. The van der Waals surface area contributed by atoms with Gasteiger partial charge in [-0.2, -0.15) is 0 Å². The van der Waals surface area contributed by atoms with E-state index in [1.807, 2.05) is 52.0 Å². The molecule has 6 atom stereocenters. The zero-order valence-electron chi connectivity index (χ0n) is 68.8. The predicted octanol–water partition coefficient (Wildman–Crippen LogP) is 17.3. The molecule has 5 N–H and O–H groups in total. The van der Waals surface area contributed by atoms with E-state index in [1.54, 1.807) is 49.8 Å². The van der Waals surface area contributed by atoms with Crippen molar-refractivity contribution < 1.29 is 85.1 Å². The highest BCUT2D eigenvalue weighted by atomic mass is 35.5. The molecule has 9 aromatic heterocycles. The maximum Gasteiger partial charge on any atom is 0.412 e. The average Bonchev–Trinajstić information content (AvgIpc) is 1.67. The smallest absolute Gasteiger partial charge is 0.412 e. The summed E-state index contributed by atoms with van der Waals surface area (Å²) in [5.41, 5.74) is 10.7. The fraction of sp³-hybridized carbons (Fsp3) is 0.310. The quantitative estimate of drug-likeness (QED) is 0.0284. The zero-order valence-corrected chi connectivity index (χ0v) is 72.0. The second-order valence-electron chi connectivity index (χ2n) is 29.4. The van der Waals surface area contributed by atoms with Crippen LogP contribution in [-0.4, -0.2) is 181 Å². The Balaban J connectivity index is 0.000000140. The molecule has 0 saturated heterocycles. The Morgan fingerprint density at radius 2 is 0.780 bits per heavy atom. The van der Waals surface area contributed by atoms with Gasteiger partial charge in [0.05, 0.1) is 164 Å². The summed E-state index contributed by atoms with van der Waals surface area (Å²) in [5, 5.41) is 28.0. The molecule has 127 heavy (non-hydrogen) atoms. The van der Waals surface area contributed by atoms with Crippen LogP contribution in [-0.2, 0) is 27.1 Å². The number of nitrogens with zero attached hydrogens (tertiary/aromatic N) is 15. The van der Waals surface area contributed by atoms with Gasteiger partial charge in [0.25, 0.3) is 0 Å². The average molecular weight is 1810 g/mol. The number of amides is 3. The van der Waals surface area contributed by atoms with Crippen molar-refractivity contribution in [3.63, 3.8) is 0 Å².